The van der Waals surface area contributed by atoms with Gasteiger partial charge in [0, 0.05) is 18.0 Å². The predicted octanol–water partition coefficient (Wildman–Crippen LogP) is 4.50. The number of benzene rings is 1. The molecule has 1 aromatic carbocycles. The van der Waals surface area contributed by atoms with Crippen molar-refractivity contribution in [2.75, 3.05) is 13.1 Å². The first-order valence-corrected chi connectivity index (χ1v) is 8.50. The summed E-state index contributed by atoms with van der Waals surface area (Å²) in [6, 6.07) is 7.70. The highest BCUT2D eigenvalue weighted by Gasteiger charge is 2.09. The smallest absolute Gasteiger partial charge is 0.191 e. The summed E-state index contributed by atoms with van der Waals surface area (Å²) < 4.78 is 26.7. The number of aliphatic imine (C=N–C) groups is 1. The topological polar surface area (TPSA) is 36.4 Å². The Morgan fingerprint density at radius 2 is 2.08 bits per heavy atom. The first kappa shape index (κ1) is 20.8. The highest BCUT2D eigenvalue weighted by atomic mass is 127. The van der Waals surface area contributed by atoms with Gasteiger partial charge in [-0.1, -0.05) is 6.07 Å². The van der Waals surface area contributed by atoms with E-state index in [2.05, 4.69) is 28.6 Å². The molecule has 24 heavy (non-hydrogen) atoms. The lowest BCUT2D eigenvalue weighted by atomic mass is 10.1. The van der Waals surface area contributed by atoms with Crippen molar-refractivity contribution >= 4 is 41.3 Å². The molecular weight excluding hydrogens is 443 g/mol. The molecule has 1 unspecified atom stereocenters. The minimum Gasteiger partial charge on any atom is -0.357 e. The van der Waals surface area contributed by atoms with Gasteiger partial charge >= 0.3 is 0 Å². The van der Waals surface area contributed by atoms with Crippen LogP contribution in [0.4, 0.5) is 8.78 Å². The van der Waals surface area contributed by atoms with Gasteiger partial charge in [-0.2, -0.15) is 0 Å². The normalized spacial score (nSPS) is 12.4. The second kappa shape index (κ2) is 10.6. The molecule has 132 valence electrons. The van der Waals surface area contributed by atoms with Crippen molar-refractivity contribution in [2.45, 2.75) is 26.3 Å². The van der Waals surface area contributed by atoms with Crippen LogP contribution in [0.15, 0.2) is 40.7 Å². The van der Waals surface area contributed by atoms with Gasteiger partial charge in [0.25, 0.3) is 0 Å². The minimum atomic E-state index is -0.429. The van der Waals surface area contributed by atoms with Crippen LogP contribution in [-0.4, -0.2) is 19.0 Å². The summed E-state index contributed by atoms with van der Waals surface area (Å²) >= 11 is 1.68. The van der Waals surface area contributed by atoms with E-state index in [0.29, 0.717) is 24.5 Å². The second-order valence-corrected chi connectivity index (χ2v) is 6.11. The van der Waals surface area contributed by atoms with Crippen LogP contribution in [0.3, 0.4) is 0 Å². The van der Waals surface area contributed by atoms with E-state index in [1.54, 1.807) is 11.3 Å². The average molecular weight is 465 g/mol. The van der Waals surface area contributed by atoms with Crippen molar-refractivity contribution in [1.29, 1.82) is 0 Å². The van der Waals surface area contributed by atoms with Crippen LogP contribution in [0.2, 0.25) is 0 Å². The summed E-state index contributed by atoms with van der Waals surface area (Å²) in [6.45, 7) is 5.16. The lowest BCUT2D eigenvalue weighted by Crippen LogP contribution is -2.38. The maximum Gasteiger partial charge on any atom is 0.191 e. The molecule has 0 aliphatic heterocycles. The summed E-state index contributed by atoms with van der Waals surface area (Å²) in [6.07, 6.45) is 0.355. The lowest BCUT2D eigenvalue weighted by molar-refractivity contribution is 0.584. The Morgan fingerprint density at radius 3 is 2.75 bits per heavy atom. The molecule has 0 aliphatic rings. The van der Waals surface area contributed by atoms with E-state index >= 15 is 0 Å². The van der Waals surface area contributed by atoms with Crippen molar-refractivity contribution < 1.29 is 8.78 Å². The van der Waals surface area contributed by atoms with Gasteiger partial charge in [-0.15, -0.1) is 35.3 Å². The van der Waals surface area contributed by atoms with Crippen LogP contribution in [-0.2, 0) is 6.42 Å². The van der Waals surface area contributed by atoms with E-state index in [9.17, 15) is 8.78 Å². The zero-order valence-corrected chi connectivity index (χ0v) is 16.8. The Labute approximate surface area is 162 Å². The fraction of sp³-hybridized carbons (Fsp3) is 0.353. The quantitative estimate of drug-likeness (QED) is 0.375. The van der Waals surface area contributed by atoms with Crippen molar-refractivity contribution in [1.82, 2.24) is 10.6 Å². The van der Waals surface area contributed by atoms with Crippen LogP contribution in [0.5, 0.6) is 0 Å². The third-order valence-electron chi connectivity index (χ3n) is 3.33. The van der Waals surface area contributed by atoms with Gasteiger partial charge in [-0.25, -0.2) is 8.78 Å². The van der Waals surface area contributed by atoms with Crippen LogP contribution >= 0.6 is 35.3 Å². The van der Waals surface area contributed by atoms with Crippen LogP contribution in [0, 0.1) is 11.6 Å². The largest absolute Gasteiger partial charge is 0.357 e. The van der Waals surface area contributed by atoms with Gasteiger partial charge in [0.15, 0.2) is 5.96 Å². The number of nitrogens with zero attached hydrogens (tertiary/aromatic N) is 1. The van der Waals surface area contributed by atoms with Crippen LogP contribution in [0.25, 0.3) is 0 Å². The number of halogens is 3. The predicted molar refractivity (Wildman–Crippen MR) is 107 cm³/mol. The maximum absolute atomic E-state index is 13.6. The van der Waals surface area contributed by atoms with Crippen LogP contribution < -0.4 is 10.6 Å². The van der Waals surface area contributed by atoms with E-state index < -0.39 is 11.6 Å². The third-order valence-corrected chi connectivity index (χ3v) is 4.38. The first-order valence-electron chi connectivity index (χ1n) is 7.62. The molecule has 0 bridgehead atoms. The molecule has 3 nitrogen and oxygen atoms in total. The lowest BCUT2D eigenvalue weighted by Gasteiger charge is -2.16. The molecule has 2 N–H and O–H groups in total. The SMILES string of the molecule is CCNC(=NCCc1cc(F)ccc1F)NC(C)c1cccs1.I. The average Bonchev–Trinajstić information content (AvgIpc) is 3.05. The van der Waals surface area contributed by atoms with E-state index in [0.717, 1.165) is 18.7 Å². The Bertz CT molecular complexity index is 647. The molecule has 7 heteroatoms. The van der Waals surface area contributed by atoms with E-state index in [1.807, 2.05) is 18.4 Å². The molecule has 0 radical (unpaired) electrons. The highest BCUT2D eigenvalue weighted by molar-refractivity contribution is 14.0. The molecule has 0 aliphatic carbocycles. The summed E-state index contributed by atoms with van der Waals surface area (Å²) in [4.78, 5) is 5.65. The zero-order valence-electron chi connectivity index (χ0n) is 13.7. The van der Waals surface area contributed by atoms with Gasteiger partial charge in [0.1, 0.15) is 11.6 Å². The highest BCUT2D eigenvalue weighted by Crippen LogP contribution is 2.17. The number of rotatable bonds is 6. The van der Waals surface area contributed by atoms with Gasteiger partial charge < -0.3 is 10.6 Å². The molecule has 0 saturated carbocycles. The van der Waals surface area contributed by atoms with Gasteiger partial charge in [0.05, 0.1) is 6.04 Å². The number of guanidine groups is 1. The molecule has 2 rings (SSSR count). The second-order valence-electron chi connectivity index (χ2n) is 5.13. The molecule has 0 amide bonds. The molecular formula is C17H22F2IN3S. The zero-order chi connectivity index (χ0) is 16.7. The monoisotopic (exact) mass is 465 g/mol. The Kier molecular flexibility index (Phi) is 9.20. The number of hydrogen-bond acceptors (Lipinski definition) is 2. The number of thiophene rings is 1. The Hall–Kier alpha value is -1.22. The van der Waals surface area contributed by atoms with E-state index in [1.165, 1.54) is 10.9 Å². The summed E-state index contributed by atoms with van der Waals surface area (Å²) in [5.74, 6) is -0.154. The first-order chi connectivity index (χ1) is 11.1. The number of hydrogen-bond donors (Lipinski definition) is 2. The summed E-state index contributed by atoms with van der Waals surface area (Å²) in [7, 11) is 0. The van der Waals surface area contributed by atoms with Gasteiger partial charge in [-0.3, -0.25) is 4.99 Å². The van der Waals surface area contributed by atoms with Gasteiger partial charge in [-0.05, 0) is 55.5 Å². The van der Waals surface area contributed by atoms with Crippen molar-refractivity contribution in [3.05, 3.63) is 57.8 Å². The molecule has 1 aromatic heterocycles. The third kappa shape index (κ3) is 6.35. The molecule has 1 heterocycles. The standard InChI is InChI=1S/C17H21F2N3S.HI/c1-3-20-17(22-12(2)16-5-4-10-23-16)21-9-8-13-11-14(18)6-7-15(13)19;/h4-7,10-12H,3,8-9H2,1-2H3,(H2,20,21,22);1H. The Balaban J connectivity index is 0.00000288. The van der Waals surface area contributed by atoms with E-state index in [-0.39, 0.29) is 30.0 Å². The molecule has 0 saturated heterocycles. The van der Waals surface area contributed by atoms with Crippen molar-refractivity contribution in [3.8, 4) is 0 Å². The molecule has 0 fully saturated rings. The fourth-order valence-electron chi connectivity index (χ4n) is 2.16. The van der Waals surface area contributed by atoms with Crippen LogP contribution in [0.1, 0.15) is 30.3 Å². The maximum atomic E-state index is 13.6. The van der Waals surface area contributed by atoms with Gasteiger partial charge in [0.2, 0.25) is 0 Å². The number of nitrogens with one attached hydrogen (secondary N) is 2. The molecule has 0 spiro atoms. The fourth-order valence-corrected chi connectivity index (χ4v) is 2.89. The van der Waals surface area contributed by atoms with Crippen molar-refractivity contribution in [2.24, 2.45) is 4.99 Å². The molecule has 2 aromatic rings. The summed E-state index contributed by atoms with van der Waals surface area (Å²) in [5.41, 5.74) is 0.343. The summed E-state index contributed by atoms with van der Waals surface area (Å²) in [5, 5.41) is 8.51. The molecule has 1 atom stereocenters. The van der Waals surface area contributed by atoms with Crippen molar-refractivity contribution in [3.63, 3.8) is 0 Å². The Morgan fingerprint density at radius 1 is 1.29 bits per heavy atom. The van der Waals surface area contributed by atoms with E-state index in [4.69, 9.17) is 0 Å². The minimum absolute atomic E-state index is 0.